The summed E-state index contributed by atoms with van der Waals surface area (Å²) in [5.74, 6) is 0. The lowest BCUT2D eigenvalue weighted by atomic mass is 9.99. The minimum Gasteiger partial charge on any atom is -0.447 e. The molecule has 0 unspecified atom stereocenters. The summed E-state index contributed by atoms with van der Waals surface area (Å²) in [6, 6.07) is 9.69. The number of benzene rings is 1. The summed E-state index contributed by atoms with van der Waals surface area (Å²) in [6.07, 6.45) is 0.194. The molecular formula is C15H21NO2. The lowest BCUT2D eigenvalue weighted by Crippen LogP contribution is -2.17. The number of carbonyl (C=O) groups is 1. The van der Waals surface area contributed by atoms with Crippen molar-refractivity contribution in [1.29, 1.82) is 0 Å². The van der Waals surface area contributed by atoms with Gasteiger partial charge in [-0.15, -0.1) is 0 Å². The minimum atomic E-state index is -0.509. The Morgan fingerprint density at radius 2 is 1.83 bits per heavy atom. The van der Waals surface area contributed by atoms with Gasteiger partial charge >= 0.3 is 6.09 Å². The van der Waals surface area contributed by atoms with Crippen LogP contribution < -0.4 is 0 Å². The fourth-order valence-corrected chi connectivity index (χ4v) is 1.40. The van der Waals surface area contributed by atoms with Crippen molar-refractivity contribution in [2.24, 2.45) is 10.4 Å². The fraction of sp³-hybridized carbons (Fsp3) is 0.467. The highest BCUT2D eigenvalue weighted by Gasteiger charge is 2.13. The van der Waals surface area contributed by atoms with Gasteiger partial charge in [0, 0.05) is 0 Å². The summed E-state index contributed by atoms with van der Waals surface area (Å²) >= 11 is 0. The second kappa shape index (κ2) is 6.34. The summed E-state index contributed by atoms with van der Waals surface area (Å²) in [5, 5.41) is 0. The smallest absolute Gasteiger partial charge is 0.433 e. The van der Waals surface area contributed by atoms with Gasteiger partial charge in [0.05, 0.1) is 12.3 Å². The maximum atomic E-state index is 11.6. The van der Waals surface area contributed by atoms with Crippen molar-refractivity contribution in [2.45, 2.75) is 34.1 Å². The van der Waals surface area contributed by atoms with Crippen LogP contribution in [0.25, 0.3) is 0 Å². The van der Waals surface area contributed by atoms with E-state index < -0.39 is 6.09 Å². The molecule has 0 atom stereocenters. The summed E-state index contributed by atoms with van der Waals surface area (Å²) < 4.78 is 5.13. The molecule has 0 aliphatic carbocycles. The molecule has 0 saturated carbocycles. The first kappa shape index (κ1) is 14.4. The standard InChI is InChI=1S/C15H21NO2/c1-5-13(12-9-7-6-8-10-12)16-14(17)18-11-15(2,3)4/h6-10H,5,11H2,1-4H3/b16-13-. The van der Waals surface area contributed by atoms with E-state index in [1.54, 1.807) is 0 Å². The number of amides is 1. The van der Waals surface area contributed by atoms with Crippen molar-refractivity contribution in [3.05, 3.63) is 35.9 Å². The molecule has 0 aromatic heterocycles. The first-order chi connectivity index (χ1) is 8.42. The van der Waals surface area contributed by atoms with E-state index >= 15 is 0 Å². The van der Waals surface area contributed by atoms with Gasteiger partial charge in [-0.1, -0.05) is 58.0 Å². The molecule has 0 bridgehead atoms. The Morgan fingerprint density at radius 1 is 1.22 bits per heavy atom. The van der Waals surface area contributed by atoms with Crippen molar-refractivity contribution in [3.8, 4) is 0 Å². The second-order valence-corrected chi connectivity index (χ2v) is 5.39. The van der Waals surface area contributed by atoms with Crippen LogP contribution in [-0.4, -0.2) is 18.4 Å². The van der Waals surface area contributed by atoms with E-state index in [0.29, 0.717) is 13.0 Å². The topological polar surface area (TPSA) is 38.7 Å². The zero-order chi connectivity index (χ0) is 13.6. The lowest BCUT2D eigenvalue weighted by Gasteiger charge is -2.16. The van der Waals surface area contributed by atoms with Gasteiger partial charge in [0.25, 0.3) is 0 Å². The highest BCUT2D eigenvalue weighted by molar-refractivity contribution is 6.05. The zero-order valence-electron chi connectivity index (χ0n) is 11.6. The third-order valence-corrected chi connectivity index (χ3v) is 2.30. The number of hydrogen-bond donors (Lipinski definition) is 0. The monoisotopic (exact) mass is 247 g/mol. The minimum absolute atomic E-state index is 0.0374. The molecule has 0 radical (unpaired) electrons. The highest BCUT2D eigenvalue weighted by atomic mass is 16.5. The first-order valence-electron chi connectivity index (χ1n) is 6.22. The van der Waals surface area contributed by atoms with Crippen LogP contribution in [0.2, 0.25) is 0 Å². The molecule has 3 nitrogen and oxygen atoms in total. The second-order valence-electron chi connectivity index (χ2n) is 5.39. The van der Waals surface area contributed by atoms with Crippen molar-refractivity contribution < 1.29 is 9.53 Å². The van der Waals surface area contributed by atoms with E-state index in [9.17, 15) is 4.79 Å². The van der Waals surface area contributed by atoms with Crippen LogP contribution in [0.15, 0.2) is 35.3 Å². The molecule has 0 fully saturated rings. The predicted molar refractivity (Wildman–Crippen MR) is 74.1 cm³/mol. The van der Waals surface area contributed by atoms with E-state index in [4.69, 9.17) is 4.74 Å². The Morgan fingerprint density at radius 3 is 2.33 bits per heavy atom. The average molecular weight is 247 g/mol. The molecule has 0 N–H and O–H groups in total. The molecule has 0 spiro atoms. The molecule has 1 rings (SSSR count). The molecule has 0 aliphatic heterocycles. The zero-order valence-corrected chi connectivity index (χ0v) is 11.6. The molecule has 1 amide bonds. The molecular weight excluding hydrogens is 226 g/mol. The Bertz CT molecular complexity index is 416. The van der Waals surface area contributed by atoms with E-state index in [0.717, 1.165) is 11.3 Å². The van der Waals surface area contributed by atoms with Crippen molar-refractivity contribution in [3.63, 3.8) is 0 Å². The summed E-state index contributed by atoms with van der Waals surface area (Å²) in [5.41, 5.74) is 1.69. The quantitative estimate of drug-likeness (QED) is 0.755. The molecule has 18 heavy (non-hydrogen) atoms. The van der Waals surface area contributed by atoms with Crippen LogP contribution in [0.1, 0.15) is 39.7 Å². The van der Waals surface area contributed by atoms with Gasteiger partial charge in [-0.2, -0.15) is 4.99 Å². The Balaban J connectivity index is 2.71. The number of nitrogens with zero attached hydrogens (tertiary/aromatic N) is 1. The molecule has 0 aliphatic rings. The van der Waals surface area contributed by atoms with Gasteiger partial charge in [0.2, 0.25) is 0 Å². The van der Waals surface area contributed by atoms with Gasteiger partial charge in [-0.25, -0.2) is 4.79 Å². The van der Waals surface area contributed by atoms with Crippen LogP contribution in [0.4, 0.5) is 4.79 Å². The van der Waals surface area contributed by atoms with Gasteiger partial charge in [0.1, 0.15) is 0 Å². The van der Waals surface area contributed by atoms with E-state index in [1.165, 1.54) is 0 Å². The number of aliphatic imine (C=N–C) groups is 1. The van der Waals surface area contributed by atoms with Crippen LogP contribution in [-0.2, 0) is 4.74 Å². The van der Waals surface area contributed by atoms with Crippen molar-refractivity contribution in [1.82, 2.24) is 0 Å². The van der Waals surface area contributed by atoms with E-state index in [2.05, 4.69) is 4.99 Å². The SMILES string of the molecule is CC/C(=N/C(=O)OCC(C)(C)C)c1ccccc1. The maximum Gasteiger partial charge on any atom is 0.433 e. The predicted octanol–water partition coefficient (Wildman–Crippen LogP) is 4.07. The highest BCUT2D eigenvalue weighted by Crippen LogP contribution is 2.13. The van der Waals surface area contributed by atoms with Crippen LogP contribution in [0, 0.1) is 5.41 Å². The Labute approximate surface area is 109 Å². The molecule has 1 aromatic rings. The number of ether oxygens (including phenoxy) is 1. The van der Waals surface area contributed by atoms with E-state index in [1.807, 2.05) is 58.0 Å². The maximum absolute atomic E-state index is 11.6. The van der Waals surface area contributed by atoms with Crippen LogP contribution in [0.5, 0.6) is 0 Å². The van der Waals surface area contributed by atoms with Crippen molar-refractivity contribution >= 4 is 11.8 Å². The molecule has 98 valence electrons. The summed E-state index contributed by atoms with van der Waals surface area (Å²) in [6.45, 7) is 8.40. The van der Waals surface area contributed by atoms with Crippen LogP contribution >= 0.6 is 0 Å². The third-order valence-electron chi connectivity index (χ3n) is 2.30. The van der Waals surface area contributed by atoms with Gasteiger partial charge in [0.15, 0.2) is 0 Å². The van der Waals surface area contributed by atoms with Gasteiger partial charge < -0.3 is 4.74 Å². The normalized spacial score (nSPS) is 12.3. The number of carbonyl (C=O) groups excluding carboxylic acids is 1. The van der Waals surface area contributed by atoms with Gasteiger partial charge in [-0.05, 0) is 17.4 Å². The average Bonchev–Trinajstić information content (AvgIpc) is 2.33. The van der Waals surface area contributed by atoms with Gasteiger partial charge in [-0.3, -0.25) is 0 Å². The van der Waals surface area contributed by atoms with E-state index in [-0.39, 0.29) is 5.41 Å². The Hall–Kier alpha value is -1.64. The molecule has 0 saturated heterocycles. The lowest BCUT2D eigenvalue weighted by molar-refractivity contribution is 0.115. The summed E-state index contributed by atoms with van der Waals surface area (Å²) in [4.78, 5) is 15.6. The molecule has 1 aromatic carbocycles. The number of hydrogen-bond acceptors (Lipinski definition) is 2. The summed E-state index contributed by atoms with van der Waals surface area (Å²) in [7, 11) is 0. The first-order valence-corrected chi connectivity index (χ1v) is 6.22. The molecule has 3 heteroatoms. The molecule has 0 heterocycles. The largest absolute Gasteiger partial charge is 0.447 e. The Kier molecular flexibility index (Phi) is 5.08. The third kappa shape index (κ3) is 5.13. The van der Waals surface area contributed by atoms with Crippen molar-refractivity contribution in [2.75, 3.05) is 6.61 Å². The fourth-order valence-electron chi connectivity index (χ4n) is 1.40. The van der Waals surface area contributed by atoms with Crippen LogP contribution in [0.3, 0.4) is 0 Å². The number of rotatable bonds is 3.